The number of rotatable bonds is 3. The number of hydrogen-bond acceptors (Lipinski definition) is 3. The van der Waals surface area contributed by atoms with Crippen molar-refractivity contribution in [3.05, 3.63) is 17.5 Å². The van der Waals surface area contributed by atoms with Crippen LogP contribution in [-0.2, 0) is 11.8 Å². The maximum atomic E-state index is 11.0. The average molecular weight is 212 g/mol. The van der Waals surface area contributed by atoms with E-state index in [9.17, 15) is 9.90 Å². The largest absolute Gasteiger partial charge is 0.481 e. The van der Waals surface area contributed by atoms with Crippen LogP contribution < -0.4 is 0 Å². The van der Waals surface area contributed by atoms with E-state index < -0.39 is 17.5 Å². The second-order valence-electron chi connectivity index (χ2n) is 4.24. The topological polar surface area (TPSA) is 75.3 Å². The van der Waals surface area contributed by atoms with Crippen molar-refractivity contribution in [1.29, 1.82) is 0 Å². The second kappa shape index (κ2) is 3.66. The number of aromatic nitrogens is 2. The van der Waals surface area contributed by atoms with Crippen LogP contribution in [0.2, 0.25) is 0 Å². The van der Waals surface area contributed by atoms with Crippen LogP contribution in [0.1, 0.15) is 31.2 Å². The first kappa shape index (κ1) is 11.7. The lowest BCUT2D eigenvalue weighted by molar-refractivity contribution is -0.153. The highest BCUT2D eigenvalue weighted by Gasteiger charge is 2.38. The molecule has 0 aliphatic carbocycles. The monoisotopic (exact) mass is 212 g/mol. The van der Waals surface area contributed by atoms with E-state index in [1.807, 2.05) is 0 Å². The van der Waals surface area contributed by atoms with Gasteiger partial charge in [-0.25, -0.2) is 0 Å². The maximum absolute atomic E-state index is 11.0. The fourth-order valence-electron chi connectivity index (χ4n) is 1.29. The molecule has 0 fully saturated rings. The molecule has 0 bridgehead atoms. The molecular formula is C10H16N2O3. The number of aliphatic hydroxyl groups is 1. The number of aryl methyl sites for hydroxylation is 1. The molecule has 1 atom stereocenters. The van der Waals surface area contributed by atoms with Crippen molar-refractivity contribution in [2.75, 3.05) is 0 Å². The minimum atomic E-state index is -1.21. The summed E-state index contributed by atoms with van der Waals surface area (Å²) in [5, 5.41) is 22.9. The number of carboxylic acid groups (broad SMARTS) is 1. The lowest BCUT2D eigenvalue weighted by atomic mass is 9.83. The number of carbonyl (C=O) groups is 1. The first-order valence-corrected chi connectivity index (χ1v) is 4.68. The van der Waals surface area contributed by atoms with Crippen LogP contribution in [0.5, 0.6) is 0 Å². The molecule has 0 spiro atoms. The summed E-state index contributed by atoms with van der Waals surface area (Å²) in [4.78, 5) is 11.0. The average Bonchev–Trinajstić information content (AvgIpc) is 2.46. The Morgan fingerprint density at radius 2 is 2.13 bits per heavy atom. The van der Waals surface area contributed by atoms with Crippen molar-refractivity contribution >= 4 is 5.97 Å². The highest BCUT2D eigenvalue weighted by atomic mass is 16.4. The number of carboxylic acids is 1. The number of aliphatic carboxylic acids is 1. The SMILES string of the molecule is Cc1c(C(O)C(C)(C)C(=O)O)cnn1C. The summed E-state index contributed by atoms with van der Waals surface area (Å²) >= 11 is 0. The van der Waals surface area contributed by atoms with Gasteiger partial charge < -0.3 is 10.2 Å². The lowest BCUT2D eigenvalue weighted by Gasteiger charge is -2.25. The van der Waals surface area contributed by atoms with Crippen LogP contribution in [0.25, 0.3) is 0 Å². The fraction of sp³-hybridized carbons (Fsp3) is 0.600. The maximum Gasteiger partial charge on any atom is 0.312 e. The Hall–Kier alpha value is -1.36. The Morgan fingerprint density at radius 1 is 1.60 bits per heavy atom. The molecule has 0 saturated heterocycles. The van der Waals surface area contributed by atoms with Gasteiger partial charge in [0.1, 0.15) is 0 Å². The van der Waals surface area contributed by atoms with Crippen molar-refractivity contribution in [2.24, 2.45) is 12.5 Å². The smallest absolute Gasteiger partial charge is 0.312 e. The van der Waals surface area contributed by atoms with Crippen LogP contribution in [0.4, 0.5) is 0 Å². The van der Waals surface area contributed by atoms with E-state index in [4.69, 9.17) is 5.11 Å². The second-order valence-corrected chi connectivity index (χ2v) is 4.24. The Morgan fingerprint density at radius 3 is 2.47 bits per heavy atom. The molecule has 5 nitrogen and oxygen atoms in total. The molecule has 1 unspecified atom stereocenters. The fourth-order valence-corrected chi connectivity index (χ4v) is 1.29. The van der Waals surface area contributed by atoms with Crippen molar-refractivity contribution in [3.63, 3.8) is 0 Å². The number of nitrogens with zero attached hydrogens (tertiary/aromatic N) is 2. The van der Waals surface area contributed by atoms with Crippen molar-refractivity contribution < 1.29 is 15.0 Å². The van der Waals surface area contributed by atoms with E-state index in [2.05, 4.69) is 5.10 Å². The van der Waals surface area contributed by atoms with Gasteiger partial charge in [0.15, 0.2) is 0 Å². The van der Waals surface area contributed by atoms with Gasteiger partial charge in [0.25, 0.3) is 0 Å². The summed E-state index contributed by atoms with van der Waals surface area (Å²) in [6, 6.07) is 0. The Kier molecular flexibility index (Phi) is 2.86. The van der Waals surface area contributed by atoms with Crippen molar-refractivity contribution in [2.45, 2.75) is 26.9 Å². The van der Waals surface area contributed by atoms with Crippen LogP contribution in [0, 0.1) is 12.3 Å². The zero-order valence-corrected chi connectivity index (χ0v) is 9.35. The molecule has 0 amide bonds. The van der Waals surface area contributed by atoms with E-state index in [-0.39, 0.29) is 0 Å². The molecule has 1 rings (SSSR count). The zero-order valence-electron chi connectivity index (χ0n) is 9.35. The van der Waals surface area contributed by atoms with Crippen LogP contribution in [-0.4, -0.2) is 26.0 Å². The summed E-state index contributed by atoms with van der Waals surface area (Å²) in [6.07, 6.45) is 0.453. The van der Waals surface area contributed by atoms with Gasteiger partial charge in [-0.05, 0) is 20.8 Å². The molecule has 15 heavy (non-hydrogen) atoms. The minimum absolute atomic E-state index is 0.560. The van der Waals surface area contributed by atoms with Gasteiger partial charge in [-0.1, -0.05) is 0 Å². The standard InChI is InChI=1S/C10H16N2O3/c1-6-7(5-11-12(6)4)8(13)10(2,3)9(14)15/h5,8,13H,1-4H3,(H,14,15). The molecule has 2 N–H and O–H groups in total. The molecule has 0 saturated carbocycles. The molecule has 0 aliphatic rings. The van der Waals surface area contributed by atoms with Gasteiger partial charge in [-0.15, -0.1) is 0 Å². The normalized spacial score (nSPS) is 13.9. The first-order valence-electron chi connectivity index (χ1n) is 4.68. The van der Waals surface area contributed by atoms with Gasteiger partial charge in [0.2, 0.25) is 0 Å². The molecule has 0 aliphatic heterocycles. The van der Waals surface area contributed by atoms with Crippen molar-refractivity contribution in [3.8, 4) is 0 Å². The predicted molar refractivity (Wildman–Crippen MR) is 54.3 cm³/mol. The van der Waals surface area contributed by atoms with E-state index in [0.717, 1.165) is 5.69 Å². The quantitative estimate of drug-likeness (QED) is 0.779. The van der Waals surface area contributed by atoms with Crippen LogP contribution in [0.3, 0.4) is 0 Å². The summed E-state index contributed by atoms with van der Waals surface area (Å²) in [5.41, 5.74) is 0.120. The zero-order chi connectivity index (χ0) is 11.8. The summed E-state index contributed by atoms with van der Waals surface area (Å²) < 4.78 is 1.61. The minimum Gasteiger partial charge on any atom is -0.481 e. The number of hydrogen-bond donors (Lipinski definition) is 2. The van der Waals surface area contributed by atoms with E-state index in [1.165, 1.54) is 20.0 Å². The van der Waals surface area contributed by atoms with Gasteiger partial charge >= 0.3 is 5.97 Å². The van der Waals surface area contributed by atoms with Crippen molar-refractivity contribution in [1.82, 2.24) is 9.78 Å². The Bertz CT molecular complexity index is 382. The van der Waals surface area contributed by atoms with Gasteiger partial charge in [-0.2, -0.15) is 5.10 Å². The molecule has 0 radical (unpaired) electrons. The summed E-state index contributed by atoms with van der Waals surface area (Å²) in [7, 11) is 1.75. The third-order valence-electron chi connectivity index (χ3n) is 2.80. The molecule has 1 aromatic heterocycles. The molecular weight excluding hydrogens is 196 g/mol. The molecule has 1 aromatic rings. The van der Waals surface area contributed by atoms with Gasteiger partial charge in [0, 0.05) is 18.3 Å². The molecule has 5 heteroatoms. The van der Waals surface area contributed by atoms with E-state index in [1.54, 1.807) is 18.7 Å². The first-order chi connectivity index (χ1) is 6.78. The Labute approximate surface area is 88.3 Å². The summed E-state index contributed by atoms with van der Waals surface area (Å²) in [6.45, 7) is 4.78. The van der Waals surface area contributed by atoms with E-state index >= 15 is 0 Å². The number of aliphatic hydroxyl groups excluding tert-OH is 1. The summed E-state index contributed by atoms with van der Waals surface area (Å²) in [5.74, 6) is -1.03. The Balaban J connectivity index is 3.09. The van der Waals surface area contributed by atoms with Crippen LogP contribution >= 0.6 is 0 Å². The lowest BCUT2D eigenvalue weighted by Crippen LogP contribution is -2.31. The van der Waals surface area contributed by atoms with Crippen LogP contribution in [0.15, 0.2) is 6.20 Å². The third kappa shape index (κ3) is 1.87. The van der Waals surface area contributed by atoms with E-state index in [0.29, 0.717) is 5.56 Å². The third-order valence-corrected chi connectivity index (χ3v) is 2.80. The highest BCUT2D eigenvalue weighted by molar-refractivity contribution is 5.74. The molecule has 1 heterocycles. The predicted octanol–water partition coefficient (Wildman–Crippen LogP) is 0.873. The highest BCUT2D eigenvalue weighted by Crippen LogP contribution is 2.34. The molecule has 84 valence electrons. The van der Waals surface area contributed by atoms with Gasteiger partial charge in [-0.3, -0.25) is 9.48 Å². The van der Waals surface area contributed by atoms with Gasteiger partial charge in [0.05, 0.1) is 17.7 Å². The molecule has 0 aromatic carbocycles.